The minimum atomic E-state index is -1.01. The average Bonchev–Trinajstić information content (AvgIpc) is 3.55. The van der Waals surface area contributed by atoms with Crippen LogP contribution in [0.5, 0.6) is 0 Å². The fourth-order valence-corrected chi connectivity index (χ4v) is 6.68. The number of nitrogens with zero attached hydrogens (tertiary/aromatic N) is 4. The summed E-state index contributed by atoms with van der Waals surface area (Å²) in [5.74, 6) is -2.34. The Labute approximate surface area is 282 Å². The Bertz CT molecular complexity index is 1440. The second-order valence-corrected chi connectivity index (χ2v) is 13.7. The minimum absolute atomic E-state index is 0.0406. The molecule has 1 saturated carbocycles. The number of anilines is 1. The van der Waals surface area contributed by atoms with Gasteiger partial charge in [0.1, 0.15) is 29.3 Å². The molecule has 2 fully saturated rings. The van der Waals surface area contributed by atoms with E-state index < -0.39 is 41.4 Å². The highest BCUT2D eigenvalue weighted by Crippen LogP contribution is 2.32. The van der Waals surface area contributed by atoms with Crippen LogP contribution in [-0.4, -0.2) is 92.3 Å². The van der Waals surface area contributed by atoms with Crippen molar-refractivity contribution in [2.24, 2.45) is 11.8 Å². The predicted molar refractivity (Wildman–Crippen MR) is 180 cm³/mol. The van der Waals surface area contributed by atoms with E-state index in [1.165, 1.54) is 18.3 Å². The van der Waals surface area contributed by atoms with Gasteiger partial charge in [-0.3, -0.25) is 28.8 Å². The van der Waals surface area contributed by atoms with Gasteiger partial charge < -0.3 is 26.0 Å². The van der Waals surface area contributed by atoms with Crippen molar-refractivity contribution in [1.29, 1.82) is 0 Å². The molecule has 1 aromatic carbocycles. The van der Waals surface area contributed by atoms with Crippen molar-refractivity contribution in [2.75, 3.05) is 31.5 Å². The van der Waals surface area contributed by atoms with Crippen LogP contribution in [0.1, 0.15) is 95.6 Å². The molecule has 0 bridgehead atoms. The molecule has 264 valence electrons. The van der Waals surface area contributed by atoms with Gasteiger partial charge in [0.2, 0.25) is 17.7 Å². The summed E-state index contributed by atoms with van der Waals surface area (Å²) in [4.78, 5) is 56.7. The summed E-state index contributed by atoms with van der Waals surface area (Å²) in [6, 6.07) is 4.18. The number of aryl methyl sites for hydroxylation is 1. The van der Waals surface area contributed by atoms with Crippen LogP contribution in [0, 0.1) is 17.7 Å². The van der Waals surface area contributed by atoms with Crippen molar-refractivity contribution in [1.82, 2.24) is 30.2 Å². The second-order valence-electron chi connectivity index (χ2n) is 13.7. The number of amides is 4. The van der Waals surface area contributed by atoms with Crippen LogP contribution in [0.4, 0.5) is 10.1 Å². The molecule has 12 nitrogen and oxygen atoms in total. The lowest BCUT2D eigenvalue weighted by molar-refractivity contribution is -0.143. The molecule has 13 heteroatoms. The topological polar surface area (TPSA) is 149 Å². The van der Waals surface area contributed by atoms with E-state index in [-0.39, 0.29) is 29.8 Å². The lowest BCUT2D eigenvalue weighted by atomic mass is 9.79. The van der Waals surface area contributed by atoms with E-state index in [1.54, 1.807) is 49.4 Å². The maximum absolute atomic E-state index is 15.7. The first-order valence-electron chi connectivity index (χ1n) is 17.2. The standard InChI is InChI=1S/C35H52FN7O5/c1-7-29(44)39-30(34(47)41-17-19-42(20-18-41)35(5,6)48)23(4)25-13-14-27(26(36)21-25)38-33(46)31(24-11-9-22(3)10-12-24)40-32(45)28-15-16-37-43(28)8-2/h13-16,21-24,30-31,48H,7-12,17-20H2,1-6H3,(H,38,46)(H,39,44)(H,40,45)/t22?,23-,24?,30+,31-/m0/s1. The lowest BCUT2D eigenvalue weighted by Gasteiger charge is -2.42. The van der Waals surface area contributed by atoms with E-state index in [0.717, 1.165) is 25.7 Å². The fourth-order valence-electron chi connectivity index (χ4n) is 6.68. The van der Waals surface area contributed by atoms with Crippen LogP contribution in [0.25, 0.3) is 0 Å². The molecule has 0 radical (unpaired) electrons. The Kier molecular flexibility index (Phi) is 12.4. The van der Waals surface area contributed by atoms with Gasteiger partial charge in [0.15, 0.2) is 0 Å². The molecule has 4 N–H and O–H groups in total. The Morgan fingerprint density at radius 1 is 1.02 bits per heavy atom. The first kappa shape index (κ1) is 37.0. The third-order valence-corrected chi connectivity index (χ3v) is 9.90. The Hall–Kier alpha value is -3.84. The lowest BCUT2D eigenvalue weighted by Crippen LogP contribution is -2.59. The van der Waals surface area contributed by atoms with E-state index in [2.05, 4.69) is 28.0 Å². The van der Waals surface area contributed by atoms with Crippen molar-refractivity contribution >= 4 is 29.3 Å². The number of piperazine rings is 1. The third kappa shape index (κ3) is 8.98. The normalized spacial score (nSPS) is 20.8. The largest absolute Gasteiger partial charge is 0.376 e. The van der Waals surface area contributed by atoms with E-state index in [1.807, 2.05) is 11.8 Å². The molecular formula is C35H52FN7O5. The maximum Gasteiger partial charge on any atom is 0.270 e. The van der Waals surface area contributed by atoms with E-state index >= 15 is 4.39 Å². The molecule has 1 aliphatic heterocycles. The second kappa shape index (κ2) is 16.0. The summed E-state index contributed by atoms with van der Waals surface area (Å²) in [6.07, 6.45) is 5.11. The molecule has 1 aliphatic carbocycles. The van der Waals surface area contributed by atoms with Gasteiger partial charge in [0.25, 0.3) is 5.91 Å². The highest BCUT2D eigenvalue weighted by atomic mass is 19.1. The highest BCUT2D eigenvalue weighted by Gasteiger charge is 2.36. The first-order valence-corrected chi connectivity index (χ1v) is 17.2. The summed E-state index contributed by atoms with van der Waals surface area (Å²) in [6.45, 7) is 13.1. The van der Waals surface area contributed by atoms with Gasteiger partial charge in [-0.15, -0.1) is 0 Å². The summed E-state index contributed by atoms with van der Waals surface area (Å²) in [5, 5.41) is 23.0. The molecule has 2 aromatic rings. The van der Waals surface area contributed by atoms with Crippen LogP contribution < -0.4 is 16.0 Å². The zero-order valence-electron chi connectivity index (χ0n) is 29.1. The van der Waals surface area contributed by atoms with Crippen LogP contribution >= 0.6 is 0 Å². The molecule has 4 amide bonds. The fraction of sp³-hybridized carbons (Fsp3) is 0.629. The summed E-state index contributed by atoms with van der Waals surface area (Å²) in [7, 11) is 0. The number of rotatable bonds is 12. The molecule has 0 spiro atoms. The number of carbonyl (C=O) groups excluding carboxylic acids is 4. The minimum Gasteiger partial charge on any atom is -0.376 e. The quantitative estimate of drug-likeness (QED) is 0.271. The monoisotopic (exact) mass is 669 g/mol. The molecule has 1 aromatic heterocycles. The highest BCUT2D eigenvalue weighted by molar-refractivity contribution is 6.00. The van der Waals surface area contributed by atoms with E-state index in [9.17, 15) is 24.3 Å². The summed E-state index contributed by atoms with van der Waals surface area (Å²) in [5.41, 5.74) is -0.218. The molecule has 48 heavy (non-hydrogen) atoms. The number of halogens is 1. The van der Waals surface area contributed by atoms with Crippen molar-refractivity contribution in [3.05, 3.63) is 47.5 Å². The van der Waals surface area contributed by atoms with Crippen molar-refractivity contribution in [3.63, 3.8) is 0 Å². The average molecular weight is 670 g/mol. The number of hydrogen-bond acceptors (Lipinski definition) is 7. The number of carbonyl (C=O) groups is 4. The number of hydrogen-bond donors (Lipinski definition) is 4. The summed E-state index contributed by atoms with van der Waals surface area (Å²) >= 11 is 0. The number of aliphatic hydroxyl groups is 1. The maximum atomic E-state index is 15.7. The van der Waals surface area contributed by atoms with Gasteiger partial charge in [0, 0.05) is 51.3 Å². The Morgan fingerprint density at radius 3 is 2.27 bits per heavy atom. The van der Waals surface area contributed by atoms with Gasteiger partial charge in [-0.05, 0) is 69.2 Å². The zero-order chi connectivity index (χ0) is 35.2. The van der Waals surface area contributed by atoms with Crippen LogP contribution in [0.3, 0.4) is 0 Å². The number of aromatic nitrogens is 2. The Morgan fingerprint density at radius 2 is 1.69 bits per heavy atom. The first-order chi connectivity index (χ1) is 22.7. The smallest absolute Gasteiger partial charge is 0.270 e. The van der Waals surface area contributed by atoms with Crippen LogP contribution in [0.2, 0.25) is 0 Å². The molecule has 2 aliphatic rings. The SMILES string of the molecule is CCC(=O)N[C@@H](C(=O)N1CCN(C(C)(C)O)CC1)[C@@H](C)c1ccc(NC(=O)[C@@H](NC(=O)c2ccnn2CC)C2CCC(C)CC2)c(F)c1. The molecular weight excluding hydrogens is 617 g/mol. The molecule has 1 saturated heterocycles. The van der Waals surface area contributed by atoms with Crippen molar-refractivity contribution < 1.29 is 28.7 Å². The number of benzene rings is 1. The van der Waals surface area contributed by atoms with Gasteiger partial charge in [-0.25, -0.2) is 4.39 Å². The van der Waals surface area contributed by atoms with Gasteiger partial charge >= 0.3 is 0 Å². The van der Waals surface area contributed by atoms with Crippen LogP contribution in [0.15, 0.2) is 30.5 Å². The van der Waals surface area contributed by atoms with Gasteiger partial charge in [-0.1, -0.05) is 39.7 Å². The van der Waals surface area contributed by atoms with Gasteiger partial charge in [0.05, 0.1) is 5.69 Å². The third-order valence-electron chi connectivity index (χ3n) is 9.90. The van der Waals surface area contributed by atoms with E-state index in [0.29, 0.717) is 49.9 Å². The van der Waals surface area contributed by atoms with Crippen molar-refractivity contribution in [3.8, 4) is 0 Å². The van der Waals surface area contributed by atoms with Gasteiger partial charge in [-0.2, -0.15) is 5.10 Å². The van der Waals surface area contributed by atoms with Crippen molar-refractivity contribution in [2.45, 2.75) is 104 Å². The molecule has 3 atom stereocenters. The molecule has 2 heterocycles. The predicted octanol–water partition coefficient (Wildman–Crippen LogP) is 3.48. The molecule has 4 rings (SSSR count). The zero-order valence-corrected chi connectivity index (χ0v) is 29.1. The number of nitrogens with one attached hydrogen (secondary N) is 3. The molecule has 0 unspecified atom stereocenters. The van der Waals surface area contributed by atoms with E-state index in [4.69, 9.17) is 0 Å². The van der Waals surface area contributed by atoms with Crippen LogP contribution in [-0.2, 0) is 20.9 Å². The summed E-state index contributed by atoms with van der Waals surface area (Å²) < 4.78 is 17.2. The Balaban J connectivity index is 1.50.